The fourth-order valence-electron chi connectivity index (χ4n) is 1.32. The van der Waals surface area contributed by atoms with Crippen molar-refractivity contribution in [2.75, 3.05) is 0 Å². The molecule has 1 aromatic rings. The first-order valence-electron chi connectivity index (χ1n) is 5.81. The van der Waals surface area contributed by atoms with Crippen molar-refractivity contribution < 1.29 is 9.00 Å². The zero-order valence-corrected chi connectivity index (χ0v) is 11.1. The predicted molar refractivity (Wildman–Crippen MR) is 71.3 cm³/mol. The molecule has 17 heavy (non-hydrogen) atoms. The Kier molecular flexibility index (Phi) is 5.84. The van der Waals surface area contributed by atoms with Crippen molar-refractivity contribution in [2.24, 2.45) is 0 Å². The lowest BCUT2D eigenvalue weighted by atomic mass is 10.2. The molecule has 0 aromatic heterocycles. The fourth-order valence-corrected chi connectivity index (χ4v) is 2.16. The van der Waals surface area contributed by atoms with E-state index < -0.39 is 10.8 Å². The molecule has 92 valence electrons. The maximum absolute atomic E-state index is 11.8. The molecule has 0 saturated heterocycles. The van der Waals surface area contributed by atoms with Gasteiger partial charge in [0, 0.05) is 16.7 Å². The first kappa shape index (κ1) is 13.8. The van der Waals surface area contributed by atoms with Crippen LogP contribution in [0.15, 0.2) is 40.6 Å². The van der Waals surface area contributed by atoms with Crippen LogP contribution in [0.4, 0.5) is 0 Å². The van der Waals surface area contributed by atoms with Crippen LogP contribution in [0.5, 0.6) is 0 Å². The van der Waals surface area contributed by atoms with Gasteiger partial charge in [-0.2, -0.15) is 0 Å². The van der Waals surface area contributed by atoms with E-state index in [1.54, 1.807) is 0 Å². The molecule has 0 bridgehead atoms. The molecule has 0 aliphatic heterocycles. The van der Waals surface area contributed by atoms with Gasteiger partial charge in [0.15, 0.2) is 5.78 Å². The van der Waals surface area contributed by atoms with Gasteiger partial charge in [0.05, 0.1) is 10.8 Å². The van der Waals surface area contributed by atoms with Gasteiger partial charge < -0.3 is 0 Å². The fraction of sp³-hybridized carbons (Fsp3) is 0.357. The van der Waals surface area contributed by atoms with Crippen LogP contribution in [0.25, 0.3) is 0 Å². The summed E-state index contributed by atoms with van der Waals surface area (Å²) in [6, 6.07) is 7.48. The van der Waals surface area contributed by atoms with E-state index in [0.717, 1.165) is 23.3 Å². The highest BCUT2D eigenvalue weighted by Gasteiger charge is 2.00. The lowest BCUT2D eigenvalue weighted by Crippen LogP contribution is -1.93. The minimum absolute atomic E-state index is 0.0484. The Morgan fingerprint density at radius 3 is 2.53 bits per heavy atom. The van der Waals surface area contributed by atoms with Crippen molar-refractivity contribution in [3.8, 4) is 0 Å². The van der Waals surface area contributed by atoms with Crippen LogP contribution < -0.4 is 0 Å². The highest BCUT2D eigenvalue weighted by atomic mass is 32.2. The second-order valence-electron chi connectivity index (χ2n) is 3.98. The summed E-state index contributed by atoms with van der Waals surface area (Å²) in [5.74, 6) is 0.0484. The number of rotatable bonds is 6. The van der Waals surface area contributed by atoms with Gasteiger partial charge in [-0.25, -0.2) is 4.21 Å². The third kappa shape index (κ3) is 5.09. The molecule has 0 fully saturated rings. The molecule has 0 aliphatic rings. The molecule has 0 saturated carbocycles. The minimum atomic E-state index is -1.22. The Hall–Kier alpha value is -1.22. The number of benzene rings is 1. The number of hydrogen-bond acceptors (Lipinski definition) is 2. The molecule has 0 spiro atoms. The summed E-state index contributed by atoms with van der Waals surface area (Å²) in [7, 11) is -1.22. The second-order valence-corrected chi connectivity index (χ2v) is 5.32. The smallest absolute Gasteiger partial charge is 0.156 e. The van der Waals surface area contributed by atoms with Crippen LogP contribution in [0.2, 0.25) is 0 Å². The van der Waals surface area contributed by atoms with Gasteiger partial charge in [-0.3, -0.25) is 4.79 Å². The third-order valence-corrected chi connectivity index (χ3v) is 3.53. The molecule has 0 aliphatic carbocycles. The normalized spacial score (nSPS) is 12.8. The molecule has 1 atom stereocenters. The average molecular weight is 250 g/mol. The topological polar surface area (TPSA) is 34.1 Å². The molecular weight excluding hydrogens is 232 g/mol. The van der Waals surface area contributed by atoms with Crippen LogP contribution in [-0.2, 0) is 15.6 Å². The van der Waals surface area contributed by atoms with E-state index in [0.29, 0.717) is 6.42 Å². The maximum Gasteiger partial charge on any atom is 0.156 e. The summed E-state index contributed by atoms with van der Waals surface area (Å²) in [4.78, 5) is 12.1. The summed E-state index contributed by atoms with van der Waals surface area (Å²) >= 11 is 0. The molecule has 0 unspecified atom stereocenters. The van der Waals surface area contributed by atoms with Crippen molar-refractivity contribution in [1.29, 1.82) is 0 Å². The zero-order chi connectivity index (χ0) is 12.7. The van der Waals surface area contributed by atoms with Crippen molar-refractivity contribution in [1.82, 2.24) is 0 Å². The number of unbranched alkanes of at least 4 members (excludes halogenated alkanes) is 1. The Balaban J connectivity index is 2.57. The van der Waals surface area contributed by atoms with Gasteiger partial charge >= 0.3 is 0 Å². The quantitative estimate of drug-likeness (QED) is 0.725. The molecule has 1 rings (SSSR count). The van der Waals surface area contributed by atoms with Crippen molar-refractivity contribution in [2.45, 2.75) is 38.0 Å². The number of ketones is 1. The van der Waals surface area contributed by atoms with E-state index in [9.17, 15) is 9.00 Å². The summed E-state index contributed by atoms with van der Waals surface area (Å²) in [5, 5.41) is 1.47. The summed E-state index contributed by atoms with van der Waals surface area (Å²) in [6.45, 7) is 4.03. The summed E-state index contributed by atoms with van der Waals surface area (Å²) in [6.07, 6.45) is 3.87. The second kappa shape index (κ2) is 7.17. The number of aryl methyl sites for hydroxylation is 1. The lowest BCUT2D eigenvalue weighted by Gasteiger charge is -1.97. The Morgan fingerprint density at radius 1 is 1.29 bits per heavy atom. The molecule has 0 amide bonds. The molecule has 1 aromatic carbocycles. The highest BCUT2D eigenvalue weighted by Crippen LogP contribution is 2.09. The highest BCUT2D eigenvalue weighted by molar-refractivity contribution is 7.88. The molecule has 0 radical (unpaired) electrons. The molecular formula is C14H18O2S. The maximum atomic E-state index is 11.8. The zero-order valence-electron chi connectivity index (χ0n) is 10.3. The van der Waals surface area contributed by atoms with E-state index in [1.807, 2.05) is 38.1 Å². The lowest BCUT2D eigenvalue weighted by molar-refractivity contribution is -0.114. The summed E-state index contributed by atoms with van der Waals surface area (Å²) < 4.78 is 11.8. The van der Waals surface area contributed by atoms with Crippen molar-refractivity contribution in [3.05, 3.63) is 41.3 Å². The molecule has 0 N–H and O–H groups in total. The Labute approximate surface area is 105 Å². The molecule has 2 nitrogen and oxygen atoms in total. The van der Waals surface area contributed by atoms with Crippen LogP contribution >= 0.6 is 0 Å². The van der Waals surface area contributed by atoms with Gasteiger partial charge in [0.25, 0.3) is 0 Å². The van der Waals surface area contributed by atoms with E-state index in [4.69, 9.17) is 0 Å². The van der Waals surface area contributed by atoms with Gasteiger partial charge in [-0.15, -0.1) is 0 Å². The van der Waals surface area contributed by atoms with Gasteiger partial charge in [-0.1, -0.05) is 31.0 Å². The van der Waals surface area contributed by atoms with Crippen LogP contribution in [0, 0.1) is 6.92 Å². The van der Waals surface area contributed by atoms with Crippen LogP contribution in [0.3, 0.4) is 0 Å². The van der Waals surface area contributed by atoms with Gasteiger partial charge in [0.1, 0.15) is 0 Å². The van der Waals surface area contributed by atoms with E-state index >= 15 is 0 Å². The minimum Gasteiger partial charge on any atom is -0.295 e. The van der Waals surface area contributed by atoms with Crippen molar-refractivity contribution >= 4 is 16.6 Å². The molecule has 0 heterocycles. The monoisotopic (exact) mass is 250 g/mol. The molecule has 3 heteroatoms. The number of hydrogen-bond donors (Lipinski definition) is 0. The first-order chi connectivity index (χ1) is 8.13. The first-order valence-corrected chi connectivity index (χ1v) is 7.03. The largest absolute Gasteiger partial charge is 0.295 e. The number of carbonyl (C=O) groups excluding carboxylic acids is 1. The van der Waals surface area contributed by atoms with Gasteiger partial charge in [-0.05, 0) is 31.6 Å². The van der Waals surface area contributed by atoms with Crippen LogP contribution in [0.1, 0.15) is 31.7 Å². The Morgan fingerprint density at radius 2 is 1.94 bits per heavy atom. The predicted octanol–water partition coefficient (Wildman–Crippen LogP) is 3.38. The van der Waals surface area contributed by atoms with Crippen LogP contribution in [-0.4, -0.2) is 9.99 Å². The SMILES string of the molecule is CCCCC(=O)/C=C/[S@@](=O)c1ccc(C)cc1. The Bertz CT molecular complexity index is 418. The van der Waals surface area contributed by atoms with E-state index in [-0.39, 0.29) is 5.78 Å². The average Bonchev–Trinajstić information content (AvgIpc) is 2.34. The summed E-state index contributed by atoms with van der Waals surface area (Å²) in [5.41, 5.74) is 1.13. The standard InChI is InChI=1S/C14H18O2S/c1-3-4-5-13(15)10-11-17(16)14-8-6-12(2)7-9-14/h6-11H,3-5H2,1-2H3/b11-10+/t17-/m1/s1. The van der Waals surface area contributed by atoms with Crippen molar-refractivity contribution in [3.63, 3.8) is 0 Å². The number of allylic oxidation sites excluding steroid dienone is 1. The number of carbonyl (C=O) groups is 1. The van der Waals surface area contributed by atoms with E-state index in [2.05, 4.69) is 0 Å². The van der Waals surface area contributed by atoms with E-state index in [1.165, 1.54) is 11.5 Å². The van der Waals surface area contributed by atoms with Gasteiger partial charge in [0.2, 0.25) is 0 Å². The third-order valence-electron chi connectivity index (χ3n) is 2.41.